The molecule has 1 fully saturated rings. The van der Waals surface area contributed by atoms with E-state index in [1.165, 1.54) is 12.6 Å². The molecule has 2 aromatic heterocycles. The Kier molecular flexibility index (Phi) is 7.44. The summed E-state index contributed by atoms with van der Waals surface area (Å²) in [5, 5.41) is 0. The normalized spacial score (nSPS) is 15.7. The van der Waals surface area contributed by atoms with Crippen LogP contribution in [-0.4, -0.2) is 57.9 Å². The van der Waals surface area contributed by atoms with Crippen molar-refractivity contribution in [2.75, 3.05) is 26.2 Å². The van der Waals surface area contributed by atoms with Crippen LogP contribution in [0.1, 0.15) is 24.1 Å². The molecule has 5 aromatic rings. The van der Waals surface area contributed by atoms with Crippen molar-refractivity contribution < 1.29 is 8.42 Å². The third kappa shape index (κ3) is 5.13. The van der Waals surface area contributed by atoms with E-state index in [1.54, 1.807) is 39.2 Å². The molecule has 0 aliphatic carbocycles. The lowest BCUT2D eigenvalue weighted by Crippen LogP contribution is -2.48. The van der Waals surface area contributed by atoms with Crippen LogP contribution in [0.2, 0.25) is 0 Å². The van der Waals surface area contributed by atoms with Crippen LogP contribution < -0.4 is 11.2 Å². The van der Waals surface area contributed by atoms with Crippen LogP contribution in [0.5, 0.6) is 0 Å². The number of H-pyrrole nitrogens is 1. The fourth-order valence-electron chi connectivity index (χ4n) is 5.65. The van der Waals surface area contributed by atoms with E-state index in [0.717, 1.165) is 16.7 Å². The molecule has 3 heterocycles. The number of aromatic amines is 1. The molecule has 3 aromatic carbocycles. The standard InChI is InChI=1S/C32H33N5O4S/c1-23(25-11-7-4-8-12-25)37-29-21-28(33-30(29)31(38)34(2)32(37)39)26-13-15-27(16-14-26)42(40,41)36-19-17-35(18-20-36)22-24-9-5-3-6-10-24/h3-16,21,23,33H,17-20,22H2,1-2H3. The zero-order valence-electron chi connectivity index (χ0n) is 23.6. The fourth-order valence-corrected chi connectivity index (χ4v) is 7.07. The van der Waals surface area contributed by atoms with Crippen LogP contribution in [0.15, 0.2) is 105 Å². The lowest BCUT2D eigenvalue weighted by Gasteiger charge is -2.34. The van der Waals surface area contributed by atoms with E-state index >= 15 is 0 Å². The van der Waals surface area contributed by atoms with Crippen molar-refractivity contribution in [3.63, 3.8) is 0 Å². The molecule has 0 bridgehead atoms. The summed E-state index contributed by atoms with van der Waals surface area (Å²) < 4.78 is 31.1. The Hall–Kier alpha value is -4.25. The first-order valence-corrected chi connectivity index (χ1v) is 15.4. The molecule has 0 saturated carbocycles. The summed E-state index contributed by atoms with van der Waals surface area (Å²) >= 11 is 0. The van der Waals surface area contributed by atoms with Gasteiger partial charge in [0, 0.05) is 45.5 Å². The van der Waals surface area contributed by atoms with E-state index in [4.69, 9.17) is 0 Å². The van der Waals surface area contributed by atoms with Gasteiger partial charge in [-0.25, -0.2) is 13.2 Å². The highest BCUT2D eigenvalue weighted by Crippen LogP contribution is 2.27. The lowest BCUT2D eigenvalue weighted by atomic mass is 10.1. The molecule has 1 N–H and O–H groups in total. The molecule has 1 atom stereocenters. The average molecular weight is 584 g/mol. The summed E-state index contributed by atoms with van der Waals surface area (Å²) in [5.41, 5.74) is 3.50. The Morgan fingerprint density at radius 2 is 1.45 bits per heavy atom. The quantitative estimate of drug-likeness (QED) is 0.314. The second-order valence-electron chi connectivity index (χ2n) is 10.7. The molecule has 0 amide bonds. The summed E-state index contributed by atoms with van der Waals surface area (Å²) in [4.78, 5) is 31.9. The lowest BCUT2D eigenvalue weighted by molar-refractivity contribution is 0.181. The first-order valence-electron chi connectivity index (χ1n) is 14.0. The second-order valence-corrected chi connectivity index (χ2v) is 12.7. The van der Waals surface area contributed by atoms with E-state index in [2.05, 4.69) is 22.0 Å². The Balaban J connectivity index is 1.25. The number of piperazine rings is 1. The summed E-state index contributed by atoms with van der Waals surface area (Å²) in [5.74, 6) is 0. The number of nitrogens with zero attached hydrogens (tertiary/aromatic N) is 4. The molecule has 9 nitrogen and oxygen atoms in total. The summed E-state index contributed by atoms with van der Waals surface area (Å²) in [6.45, 7) is 4.92. The first-order chi connectivity index (χ1) is 20.2. The number of hydrogen-bond acceptors (Lipinski definition) is 5. The number of aromatic nitrogens is 3. The van der Waals surface area contributed by atoms with Gasteiger partial charge in [0.2, 0.25) is 10.0 Å². The van der Waals surface area contributed by atoms with Gasteiger partial charge in [-0.05, 0) is 41.8 Å². The summed E-state index contributed by atoms with van der Waals surface area (Å²) in [6.07, 6.45) is 0. The van der Waals surface area contributed by atoms with Crippen LogP contribution in [0.3, 0.4) is 0 Å². The third-order valence-electron chi connectivity index (χ3n) is 8.12. The van der Waals surface area contributed by atoms with Gasteiger partial charge in [0.1, 0.15) is 5.52 Å². The Bertz CT molecular complexity index is 1940. The molecule has 0 radical (unpaired) electrons. The third-order valence-corrected chi connectivity index (χ3v) is 10.0. The Morgan fingerprint density at radius 1 is 0.833 bits per heavy atom. The smallest absolute Gasteiger partial charge is 0.331 e. The molecular weight excluding hydrogens is 550 g/mol. The molecule has 1 unspecified atom stereocenters. The van der Waals surface area contributed by atoms with Gasteiger partial charge in [-0.3, -0.25) is 18.8 Å². The van der Waals surface area contributed by atoms with Gasteiger partial charge in [-0.1, -0.05) is 72.8 Å². The van der Waals surface area contributed by atoms with Gasteiger partial charge >= 0.3 is 5.69 Å². The van der Waals surface area contributed by atoms with Crippen molar-refractivity contribution in [2.45, 2.75) is 24.4 Å². The minimum Gasteiger partial charge on any atom is -0.349 e. The van der Waals surface area contributed by atoms with E-state index in [0.29, 0.717) is 48.5 Å². The molecule has 1 aliphatic heterocycles. The number of nitrogens with one attached hydrogen (secondary N) is 1. The average Bonchev–Trinajstić information content (AvgIpc) is 3.46. The van der Waals surface area contributed by atoms with Gasteiger partial charge < -0.3 is 4.98 Å². The largest absolute Gasteiger partial charge is 0.349 e. The topological polar surface area (TPSA) is 100 Å². The van der Waals surface area contributed by atoms with Crippen molar-refractivity contribution >= 4 is 21.1 Å². The second kappa shape index (κ2) is 11.2. The van der Waals surface area contributed by atoms with Crippen LogP contribution in [-0.2, 0) is 23.6 Å². The van der Waals surface area contributed by atoms with Gasteiger partial charge in [-0.2, -0.15) is 4.31 Å². The van der Waals surface area contributed by atoms with Crippen LogP contribution in [0.4, 0.5) is 0 Å². The summed E-state index contributed by atoms with van der Waals surface area (Å²) in [7, 11) is -2.18. The van der Waals surface area contributed by atoms with Crippen LogP contribution >= 0.6 is 0 Å². The molecule has 216 valence electrons. The number of sulfonamides is 1. The molecule has 6 rings (SSSR count). The molecule has 1 aliphatic rings. The highest BCUT2D eigenvalue weighted by Gasteiger charge is 2.28. The zero-order valence-corrected chi connectivity index (χ0v) is 24.4. The maximum absolute atomic E-state index is 13.4. The van der Waals surface area contributed by atoms with E-state index in [1.807, 2.05) is 55.5 Å². The number of benzene rings is 3. The minimum atomic E-state index is -3.65. The highest BCUT2D eigenvalue weighted by atomic mass is 32.2. The first kappa shape index (κ1) is 27.9. The van der Waals surface area contributed by atoms with Crippen molar-refractivity contribution in [3.8, 4) is 11.3 Å². The molecule has 10 heteroatoms. The number of fused-ring (bicyclic) bond motifs is 1. The zero-order chi connectivity index (χ0) is 29.4. The van der Waals surface area contributed by atoms with E-state index < -0.39 is 21.3 Å². The van der Waals surface area contributed by atoms with E-state index in [-0.39, 0.29) is 10.9 Å². The van der Waals surface area contributed by atoms with E-state index in [9.17, 15) is 18.0 Å². The fraction of sp³-hybridized carbons (Fsp3) is 0.250. The molecular formula is C32H33N5O4S. The minimum absolute atomic E-state index is 0.226. The van der Waals surface area contributed by atoms with Gasteiger partial charge in [0.15, 0.2) is 0 Å². The van der Waals surface area contributed by atoms with Crippen molar-refractivity contribution in [2.24, 2.45) is 7.05 Å². The van der Waals surface area contributed by atoms with Crippen LogP contribution in [0.25, 0.3) is 22.3 Å². The van der Waals surface area contributed by atoms with Crippen LogP contribution in [0, 0.1) is 0 Å². The maximum atomic E-state index is 13.4. The van der Waals surface area contributed by atoms with Crippen molar-refractivity contribution in [1.29, 1.82) is 0 Å². The number of hydrogen-bond donors (Lipinski definition) is 1. The van der Waals surface area contributed by atoms with Gasteiger partial charge in [0.25, 0.3) is 5.56 Å². The predicted octanol–water partition coefficient (Wildman–Crippen LogP) is 3.81. The van der Waals surface area contributed by atoms with Crippen molar-refractivity contribution in [1.82, 2.24) is 23.3 Å². The van der Waals surface area contributed by atoms with Gasteiger partial charge in [0.05, 0.1) is 16.5 Å². The monoisotopic (exact) mass is 583 g/mol. The maximum Gasteiger partial charge on any atom is 0.331 e. The SMILES string of the molecule is CC(c1ccccc1)n1c(=O)n(C)c(=O)c2[nH]c(-c3ccc(S(=O)(=O)N4CCN(Cc5ccccc5)CC4)cc3)cc21. The summed E-state index contributed by atoms with van der Waals surface area (Å²) in [6, 6.07) is 28.0. The molecule has 42 heavy (non-hydrogen) atoms. The Morgan fingerprint density at radius 3 is 2.10 bits per heavy atom. The molecule has 1 saturated heterocycles. The Labute approximate surface area is 244 Å². The van der Waals surface area contributed by atoms with Gasteiger partial charge in [-0.15, -0.1) is 0 Å². The highest BCUT2D eigenvalue weighted by molar-refractivity contribution is 7.89. The molecule has 0 spiro atoms. The van der Waals surface area contributed by atoms with Crippen molar-refractivity contribution in [3.05, 3.63) is 123 Å². The predicted molar refractivity (Wildman–Crippen MR) is 164 cm³/mol. The number of rotatable bonds is 7.